The normalized spacial score (nSPS) is 10.5. The Kier molecular flexibility index (Phi) is 3.90. The van der Waals surface area contributed by atoms with Crippen LogP contribution in [0.2, 0.25) is 5.15 Å². The summed E-state index contributed by atoms with van der Waals surface area (Å²) in [4.78, 5) is 16.1. The molecule has 0 N–H and O–H groups in total. The van der Waals surface area contributed by atoms with Crippen molar-refractivity contribution in [2.75, 3.05) is 7.11 Å². The van der Waals surface area contributed by atoms with Crippen molar-refractivity contribution < 1.29 is 4.74 Å². The second-order valence-electron chi connectivity index (χ2n) is 4.31. The number of rotatable bonds is 3. The lowest BCUT2D eigenvalue weighted by atomic mass is 10.2. The third-order valence-corrected chi connectivity index (χ3v) is 3.38. The third-order valence-electron chi connectivity index (χ3n) is 3.02. The summed E-state index contributed by atoms with van der Waals surface area (Å²) in [6, 6.07) is 7.58. The molecule has 0 saturated carbocycles. The fourth-order valence-electron chi connectivity index (χ4n) is 1.84. The quantitative estimate of drug-likeness (QED) is 0.867. The lowest BCUT2D eigenvalue weighted by Gasteiger charge is -2.12. The molecular formula is C14H15ClN2O2. The molecule has 0 atom stereocenters. The highest BCUT2D eigenvalue weighted by Gasteiger charge is 2.09. The van der Waals surface area contributed by atoms with Crippen molar-refractivity contribution in [3.05, 3.63) is 56.7 Å². The minimum atomic E-state index is -0.113. The van der Waals surface area contributed by atoms with Gasteiger partial charge < -0.3 is 9.30 Å². The molecular weight excluding hydrogens is 264 g/mol. The summed E-state index contributed by atoms with van der Waals surface area (Å²) >= 11 is 6.01. The third kappa shape index (κ3) is 2.79. The number of halogens is 1. The van der Waals surface area contributed by atoms with Gasteiger partial charge in [-0.1, -0.05) is 23.7 Å². The van der Waals surface area contributed by atoms with Crippen LogP contribution >= 0.6 is 11.6 Å². The van der Waals surface area contributed by atoms with E-state index >= 15 is 0 Å². The first-order chi connectivity index (χ1) is 9.02. The highest BCUT2D eigenvalue weighted by Crippen LogP contribution is 2.14. The lowest BCUT2D eigenvalue weighted by Crippen LogP contribution is -2.26. The van der Waals surface area contributed by atoms with Gasteiger partial charge in [0.2, 0.25) is 0 Å². The van der Waals surface area contributed by atoms with E-state index in [0.29, 0.717) is 23.1 Å². The number of nitrogens with zero attached hydrogens (tertiary/aromatic N) is 2. The summed E-state index contributed by atoms with van der Waals surface area (Å²) in [6.07, 6.45) is 0. The lowest BCUT2D eigenvalue weighted by molar-refractivity contribution is 0.414. The fraction of sp³-hybridized carbons (Fsp3) is 0.286. The fourth-order valence-corrected chi connectivity index (χ4v) is 2.07. The van der Waals surface area contributed by atoms with E-state index in [4.69, 9.17) is 16.3 Å². The van der Waals surface area contributed by atoms with Crippen molar-refractivity contribution in [1.82, 2.24) is 9.55 Å². The predicted molar refractivity (Wildman–Crippen MR) is 75.1 cm³/mol. The Bertz CT molecular complexity index is 648. The Hall–Kier alpha value is -1.81. The molecule has 1 heterocycles. The molecule has 0 aliphatic rings. The summed E-state index contributed by atoms with van der Waals surface area (Å²) in [5, 5.41) is 0.366. The van der Waals surface area contributed by atoms with Crippen molar-refractivity contribution in [1.29, 1.82) is 0 Å². The van der Waals surface area contributed by atoms with Crippen LogP contribution in [-0.2, 0) is 6.54 Å². The predicted octanol–water partition coefficient (Wildman–Crippen LogP) is 2.57. The average Bonchev–Trinajstić information content (AvgIpc) is 2.42. The van der Waals surface area contributed by atoms with Crippen molar-refractivity contribution in [2.45, 2.75) is 20.4 Å². The molecule has 0 radical (unpaired) electrons. The van der Waals surface area contributed by atoms with Gasteiger partial charge in [0, 0.05) is 0 Å². The van der Waals surface area contributed by atoms with Crippen LogP contribution in [0.4, 0.5) is 0 Å². The van der Waals surface area contributed by atoms with E-state index in [2.05, 4.69) is 4.98 Å². The van der Waals surface area contributed by atoms with Gasteiger partial charge in [-0.15, -0.1) is 0 Å². The molecule has 0 aliphatic carbocycles. The van der Waals surface area contributed by atoms with Crippen LogP contribution in [0.5, 0.6) is 5.75 Å². The van der Waals surface area contributed by atoms with Gasteiger partial charge in [0.15, 0.2) is 0 Å². The second-order valence-corrected chi connectivity index (χ2v) is 4.67. The van der Waals surface area contributed by atoms with E-state index in [-0.39, 0.29) is 5.56 Å². The van der Waals surface area contributed by atoms with E-state index in [1.165, 1.54) is 0 Å². The van der Waals surface area contributed by atoms with Crippen LogP contribution in [0.1, 0.15) is 17.0 Å². The van der Waals surface area contributed by atoms with Gasteiger partial charge in [-0.25, -0.2) is 4.98 Å². The van der Waals surface area contributed by atoms with Crippen molar-refractivity contribution in [3.63, 3.8) is 0 Å². The molecule has 0 fully saturated rings. The molecule has 1 aromatic carbocycles. The zero-order chi connectivity index (χ0) is 14.0. The molecule has 100 valence electrons. The molecule has 2 rings (SSSR count). The number of methoxy groups -OCH3 is 1. The minimum absolute atomic E-state index is 0.113. The Balaban J connectivity index is 2.40. The Morgan fingerprint density at radius 2 is 1.89 bits per heavy atom. The first kappa shape index (κ1) is 13.6. The van der Waals surface area contributed by atoms with Gasteiger partial charge in [-0.3, -0.25) is 4.79 Å². The van der Waals surface area contributed by atoms with Crippen LogP contribution in [0.25, 0.3) is 0 Å². The summed E-state index contributed by atoms with van der Waals surface area (Å²) < 4.78 is 6.74. The zero-order valence-electron chi connectivity index (χ0n) is 11.1. The van der Waals surface area contributed by atoms with Crippen LogP contribution in [0, 0.1) is 13.8 Å². The van der Waals surface area contributed by atoms with Crippen LogP contribution < -0.4 is 10.3 Å². The number of ether oxygens (including phenoxy) is 1. The maximum absolute atomic E-state index is 12.1. The van der Waals surface area contributed by atoms with Crippen molar-refractivity contribution >= 4 is 11.6 Å². The van der Waals surface area contributed by atoms with Crippen LogP contribution in [-0.4, -0.2) is 16.7 Å². The van der Waals surface area contributed by atoms with E-state index in [1.54, 1.807) is 25.5 Å². The molecule has 0 bridgehead atoms. The van der Waals surface area contributed by atoms with Gasteiger partial charge in [-0.2, -0.15) is 0 Å². The second kappa shape index (κ2) is 5.45. The molecule has 0 saturated heterocycles. The molecule has 1 aromatic heterocycles. The molecule has 4 nitrogen and oxygen atoms in total. The summed E-state index contributed by atoms with van der Waals surface area (Å²) in [6.45, 7) is 3.93. The largest absolute Gasteiger partial charge is 0.497 e. The first-order valence-corrected chi connectivity index (χ1v) is 6.27. The maximum Gasteiger partial charge on any atom is 0.272 e. The monoisotopic (exact) mass is 278 g/mol. The van der Waals surface area contributed by atoms with Crippen LogP contribution in [0.15, 0.2) is 29.1 Å². The topological polar surface area (TPSA) is 44.1 Å². The molecule has 5 heteroatoms. The van der Waals surface area contributed by atoms with Gasteiger partial charge in [0.05, 0.1) is 19.3 Å². The number of benzene rings is 1. The summed E-state index contributed by atoms with van der Waals surface area (Å²) in [7, 11) is 1.62. The first-order valence-electron chi connectivity index (χ1n) is 5.89. The van der Waals surface area contributed by atoms with Crippen molar-refractivity contribution in [2.24, 2.45) is 0 Å². The van der Waals surface area contributed by atoms with E-state index in [1.807, 2.05) is 24.3 Å². The average molecular weight is 279 g/mol. The van der Waals surface area contributed by atoms with Crippen LogP contribution in [0.3, 0.4) is 0 Å². The van der Waals surface area contributed by atoms with Gasteiger partial charge in [0.25, 0.3) is 5.56 Å². The summed E-state index contributed by atoms with van der Waals surface area (Å²) in [5.74, 6) is 0.789. The van der Waals surface area contributed by atoms with E-state index in [0.717, 1.165) is 11.3 Å². The molecule has 0 amide bonds. The van der Waals surface area contributed by atoms with Gasteiger partial charge >= 0.3 is 0 Å². The SMILES string of the molecule is COc1ccc(Cn2c(C)c(Cl)nc(C)c2=O)cc1. The van der Waals surface area contributed by atoms with E-state index in [9.17, 15) is 4.79 Å². The maximum atomic E-state index is 12.1. The molecule has 0 aliphatic heterocycles. The summed E-state index contributed by atoms with van der Waals surface area (Å²) in [5.41, 5.74) is 1.97. The molecule has 19 heavy (non-hydrogen) atoms. The molecule has 2 aromatic rings. The Morgan fingerprint density at radius 1 is 1.26 bits per heavy atom. The zero-order valence-corrected chi connectivity index (χ0v) is 11.9. The molecule has 0 unspecified atom stereocenters. The highest BCUT2D eigenvalue weighted by molar-refractivity contribution is 6.30. The highest BCUT2D eigenvalue weighted by atomic mass is 35.5. The Morgan fingerprint density at radius 3 is 2.47 bits per heavy atom. The van der Waals surface area contributed by atoms with Gasteiger partial charge in [0.1, 0.15) is 16.6 Å². The minimum Gasteiger partial charge on any atom is -0.497 e. The number of aryl methyl sites for hydroxylation is 1. The van der Waals surface area contributed by atoms with Crippen molar-refractivity contribution in [3.8, 4) is 5.75 Å². The number of hydrogen-bond donors (Lipinski definition) is 0. The standard InChI is InChI=1S/C14H15ClN2O2/c1-9-14(18)17(10(2)13(15)16-9)8-11-4-6-12(19-3)7-5-11/h4-7H,8H2,1-3H3. The molecule has 0 spiro atoms. The number of hydrogen-bond acceptors (Lipinski definition) is 3. The van der Waals surface area contributed by atoms with E-state index < -0.39 is 0 Å². The Labute approximate surface area is 116 Å². The smallest absolute Gasteiger partial charge is 0.272 e. The van der Waals surface area contributed by atoms with Gasteiger partial charge in [-0.05, 0) is 31.5 Å². The number of aromatic nitrogens is 2.